The number of carboxylic acids is 1. The van der Waals surface area contributed by atoms with Crippen LogP contribution in [0.2, 0.25) is 0 Å². The third-order valence-corrected chi connectivity index (χ3v) is 7.94. The first kappa shape index (κ1) is 23.4. The quantitative estimate of drug-likeness (QED) is 0.548. The van der Waals surface area contributed by atoms with E-state index in [0.29, 0.717) is 25.7 Å². The lowest BCUT2D eigenvalue weighted by molar-refractivity contribution is -0.142. The predicted octanol–water partition coefficient (Wildman–Crippen LogP) is 4.45. The summed E-state index contributed by atoms with van der Waals surface area (Å²) in [5, 5.41) is 15.1. The van der Waals surface area contributed by atoms with Gasteiger partial charge in [-0.05, 0) is 66.7 Å². The summed E-state index contributed by atoms with van der Waals surface area (Å²) in [6.07, 6.45) is 4.68. The highest BCUT2D eigenvalue weighted by molar-refractivity contribution is 5.86. The second-order valence-corrected chi connectivity index (χ2v) is 10.0. The van der Waals surface area contributed by atoms with Gasteiger partial charge >= 0.3 is 12.1 Å². The molecule has 2 aromatic rings. The third kappa shape index (κ3) is 4.90. The van der Waals surface area contributed by atoms with E-state index in [0.717, 1.165) is 30.4 Å². The van der Waals surface area contributed by atoms with Crippen molar-refractivity contribution in [2.24, 2.45) is 11.8 Å². The van der Waals surface area contributed by atoms with Gasteiger partial charge in [-0.3, -0.25) is 9.59 Å². The van der Waals surface area contributed by atoms with Crippen LogP contribution in [0.4, 0.5) is 4.79 Å². The van der Waals surface area contributed by atoms with Crippen LogP contribution in [0, 0.1) is 11.8 Å². The van der Waals surface area contributed by atoms with Crippen LogP contribution in [0.5, 0.6) is 0 Å². The molecule has 5 rings (SSSR count). The molecule has 1 unspecified atom stereocenters. The highest BCUT2D eigenvalue weighted by atomic mass is 16.5. The van der Waals surface area contributed by atoms with Gasteiger partial charge in [0, 0.05) is 12.0 Å². The molecule has 1 atom stereocenters. The first-order valence-corrected chi connectivity index (χ1v) is 12.7. The minimum Gasteiger partial charge on any atom is -0.481 e. The van der Waals surface area contributed by atoms with E-state index in [-0.39, 0.29) is 36.3 Å². The van der Waals surface area contributed by atoms with Crippen LogP contribution in [0.1, 0.15) is 62.0 Å². The van der Waals surface area contributed by atoms with Crippen molar-refractivity contribution in [3.8, 4) is 11.1 Å². The molecule has 184 valence electrons. The Labute approximate surface area is 205 Å². The van der Waals surface area contributed by atoms with E-state index in [1.54, 1.807) is 0 Å². The molecule has 2 aromatic carbocycles. The van der Waals surface area contributed by atoms with Crippen LogP contribution in [0.3, 0.4) is 0 Å². The zero-order valence-electron chi connectivity index (χ0n) is 19.7. The number of carbonyl (C=O) groups is 3. The van der Waals surface area contributed by atoms with Crippen molar-refractivity contribution in [1.29, 1.82) is 0 Å². The molecule has 3 aliphatic carbocycles. The fraction of sp³-hybridized carbons (Fsp3) is 0.464. The van der Waals surface area contributed by atoms with Crippen LogP contribution in [0.25, 0.3) is 11.1 Å². The van der Waals surface area contributed by atoms with Gasteiger partial charge in [-0.1, -0.05) is 55.0 Å². The zero-order chi connectivity index (χ0) is 24.4. The summed E-state index contributed by atoms with van der Waals surface area (Å²) in [5.74, 6) is -1.22. The van der Waals surface area contributed by atoms with Gasteiger partial charge in [0.05, 0.1) is 5.92 Å². The number of carbonyl (C=O) groups excluding carboxylic acids is 2. The van der Waals surface area contributed by atoms with Gasteiger partial charge in [-0.25, -0.2) is 4.79 Å². The van der Waals surface area contributed by atoms with Crippen LogP contribution < -0.4 is 10.6 Å². The zero-order valence-corrected chi connectivity index (χ0v) is 19.7. The molecular formula is C28H32N2O5. The van der Waals surface area contributed by atoms with Crippen LogP contribution >= 0.6 is 0 Å². The maximum absolute atomic E-state index is 13.1. The summed E-state index contributed by atoms with van der Waals surface area (Å²) in [4.78, 5) is 37.1. The molecular weight excluding hydrogens is 444 g/mol. The van der Waals surface area contributed by atoms with E-state index in [9.17, 15) is 19.5 Å². The van der Waals surface area contributed by atoms with E-state index in [1.165, 1.54) is 11.1 Å². The number of aliphatic carboxylic acids is 1. The second kappa shape index (κ2) is 10.1. The number of nitrogens with one attached hydrogen (secondary N) is 2. The topological polar surface area (TPSA) is 105 Å². The van der Waals surface area contributed by atoms with Gasteiger partial charge in [0.2, 0.25) is 5.91 Å². The molecule has 0 bridgehead atoms. The largest absolute Gasteiger partial charge is 0.481 e. The van der Waals surface area contributed by atoms with Gasteiger partial charge in [0.15, 0.2) is 0 Å². The number of hydrogen-bond donors (Lipinski definition) is 3. The number of rotatable bonds is 7. The van der Waals surface area contributed by atoms with Crippen molar-refractivity contribution in [2.75, 3.05) is 6.61 Å². The average molecular weight is 477 g/mol. The highest BCUT2D eigenvalue weighted by Crippen LogP contribution is 2.44. The number of alkyl carbamates (subject to hydrolysis) is 1. The Morgan fingerprint density at radius 3 is 2.03 bits per heavy atom. The summed E-state index contributed by atoms with van der Waals surface area (Å²) in [6, 6.07) is 15.7. The summed E-state index contributed by atoms with van der Waals surface area (Å²) in [5.41, 5.74) is 4.63. The molecule has 35 heavy (non-hydrogen) atoms. The van der Waals surface area contributed by atoms with Gasteiger partial charge in [0.1, 0.15) is 12.6 Å². The Bertz CT molecular complexity index is 1060. The summed E-state index contributed by atoms with van der Waals surface area (Å²) < 4.78 is 5.67. The Balaban J connectivity index is 1.19. The lowest BCUT2D eigenvalue weighted by Crippen LogP contribution is -2.55. The van der Waals surface area contributed by atoms with Crippen molar-refractivity contribution >= 4 is 18.0 Å². The minimum atomic E-state index is -0.765. The summed E-state index contributed by atoms with van der Waals surface area (Å²) in [7, 11) is 0. The molecule has 7 nitrogen and oxygen atoms in total. The molecule has 0 spiro atoms. The Kier molecular flexibility index (Phi) is 6.75. The molecule has 3 N–H and O–H groups in total. The molecule has 0 aliphatic heterocycles. The van der Waals surface area contributed by atoms with Crippen molar-refractivity contribution < 1.29 is 24.2 Å². The van der Waals surface area contributed by atoms with E-state index >= 15 is 0 Å². The Hall–Kier alpha value is -3.35. The van der Waals surface area contributed by atoms with Gasteiger partial charge in [-0.15, -0.1) is 0 Å². The Morgan fingerprint density at radius 1 is 0.886 bits per heavy atom. The SMILES string of the molecule is O=C(NC(C(=O)NC1CCC(C(=O)O)CC1)C1CCC1)OCC1c2ccccc2-c2ccccc21. The predicted molar refractivity (Wildman–Crippen MR) is 131 cm³/mol. The maximum atomic E-state index is 13.1. The number of fused-ring (bicyclic) bond motifs is 3. The Morgan fingerprint density at radius 2 is 1.49 bits per heavy atom. The van der Waals surface area contributed by atoms with Crippen molar-refractivity contribution in [2.45, 2.75) is 62.9 Å². The molecule has 0 radical (unpaired) electrons. The molecule has 2 saturated carbocycles. The van der Waals surface area contributed by atoms with Crippen molar-refractivity contribution in [3.63, 3.8) is 0 Å². The molecule has 2 fully saturated rings. The standard InChI is InChI=1S/C28H32N2O5/c31-26(29-19-14-12-18(13-15-19)27(32)33)25(17-6-5-7-17)30-28(34)35-16-24-22-10-3-1-8-20(22)21-9-2-4-11-23(21)24/h1-4,8-11,17-19,24-25H,5-7,12-16H2,(H,29,31)(H,30,34)(H,32,33). The van der Waals surface area contributed by atoms with Gasteiger partial charge in [0.25, 0.3) is 0 Å². The lowest BCUT2D eigenvalue weighted by Gasteiger charge is -2.35. The third-order valence-electron chi connectivity index (χ3n) is 7.94. The first-order valence-electron chi connectivity index (χ1n) is 12.7. The second-order valence-electron chi connectivity index (χ2n) is 10.0. The van der Waals surface area contributed by atoms with Gasteiger partial charge < -0.3 is 20.5 Å². The normalized spacial score (nSPS) is 22.3. The molecule has 0 heterocycles. The van der Waals surface area contributed by atoms with E-state index < -0.39 is 18.1 Å². The van der Waals surface area contributed by atoms with Crippen molar-refractivity contribution in [3.05, 3.63) is 59.7 Å². The van der Waals surface area contributed by atoms with Crippen molar-refractivity contribution in [1.82, 2.24) is 10.6 Å². The maximum Gasteiger partial charge on any atom is 0.407 e. The minimum absolute atomic E-state index is 0.0338. The van der Waals surface area contributed by atoms with E-state index in [1.807, 2.05) is 24.3 Å². The first-order chi connectivity index (χ1) is 17.0. The smallest absolute Gasteiger partial charge is 0.407 e. The van der Waals surface area contributed by atoms with Crippen LogP contribution in [0.15, 0.2) is 48.5 Å². The van der Waals surface area contributed by atoms with E-state index in [4.69, 9.17) is 4.74 Å². The van der Waals surface area contributed by atoms with E-state index in [2.05, 4.69) is 34.9 Å². The number of ether oxygens (including phenoxy) is 1. The fourth-order valence-electron chi connectivity index (χ4n) is 5.71. The highest BCUT2D eigenvalue weighted by Gasteiger charge is 2.36. The number of hydrogen-bond acceptors (Lipinski definition) is 4. The number of carboxylic acid groups (broad SMARTS) is 1. The molecule has 2 amide bonds. The molecule has 7 heteroatoms. The monoisotopic (exact) mass is 476 g/mol. The molecule has 0 saturated heterocycles. The van der Waals surface area contributed by atoms with Gasteiger partial charge in [-0.2, -0.15) is 0 Å². The fourth-order valence-corrected chi connectivity index (χ4v) is 5.71. The van der Waals surface area contributed by atoms with Crippen LogP contribution in [-0.4, -0.2) is 41.8 Å². The molecule has 0 aromatic heterocycles. The lowest BCUT2D eigenvalue weighted by atomic mass is 9.79. The molecule has 3 aliphatic rings. The number of benzene rings is 2. The summed E-state index contributed by atoms with van der Waals surface area (Å²) in [6.45, 7) is 0.206. The summed E-state index contributed by atoms with van der Waals surface area (Å²) >= 11 is 0. The number of amides is 2. The average Bonchev–Trinajstić information content (AvgIpc) is 3.15. The van der Waals surface area contributed by atoms with Crippen LogP contribution in [-0.2, 0) is 14.3 Å².